The monoisotopic (exact) mass is 471 g/mol. The van der Waals surface area contributed by atoms with Gasteiger partial charge in [-0.1, -0.05) is 18.2 Å². The van der Waals surface area contributed by atoms with Crippen molar-refractivity contribution in [3.8, 4) is 0 Å². The Kier molecular flexibility index (Phi) is 6.45. The summed E-state index contributed by atoms with van der Waals surface area (Å²) < 4.78 is 32.0. The second kappa shape index (κ2) is 9.15. The van der Waals surface area contributed by atoms with Gasteiger partial charge in [-0.3, -0.25) is 4.79 Å². The lowest BCUT2D eigenvalue weighted by molar-refractivity contribution is -0.126. The molecule has 2 aromatic rings. The van der Waals surface area contributed by atoms with Gasteiger partial charge in [0.1, 0.15) is 0 Å². The molecule has 0 spiro atoms. The Morgan fingerprint density at radius 1 is 1.00 bits per heavy atom. The Balaban J connectivity index is 1.60. The fourth-order valence-corrected chi connectivity index (χ4v) is 5.27. The third-order valence-corrected chi connectivity index (χ3v) is 8.01. The number of fused-ring (bicyclic) bond motifs is 1. The number of rotatable bonds is 6. The first-order valence-corrected chi connectivity index (χ1v) is 12.6. The minimum Gasteiger partial charge on any atom is -0.449 e. The predicted molar refractivity (Wildman–Crippen MR) is 126 cm³/mol. The van der Waals surface area contributed by atoms with Crippen molar-refractivity contribution in [2.24, 2.45) is 0 Å². The molecule has 1 amide bonds. The van der Waals surface area contributed by atoms with E-state index in [1.807, 2.05) is 29.2 Å². The molecule has 2 aromatic carbocycles. The van der Waals surface area contributed by atoms with Gasteiger partial charge < -0.3 is 14.5 Å². The normalized spacial score (nSPS) is 16.7. The number of amides is 1. The molecule has 1 atom stereocenters. The zero-order chi connectivity index (χ0) is 23.8. The molecular weight excluding hydrogens is 442 g/mol. The number of anilines is 2. The first-order chi connectivity index (χ1) is 15.7. The van der Waals surface area contributed by atoms with Crippen molar-refractivity contribution >= 4 is 33.3 Å². The van der Waals surface area contributed by atoms with E-state index in [0.29, 0.717) is 12.2 Å². The van der Waals surface area contributed by atoms with Crippen LogP contribution in [0.15, 0.2) is 47.4 Å². The zero-order valence-corrected chi connectivity index (χ0v) is 20.0. The molecule has 1 saturated heterocycles. The molecule has 2 heterocycles. The molecule has 1 unspecified atom stereocenters. The van der Waals surface area contributed by atoms with Crippen LogP contribution in [0.1, 0.15) is 35.7 Å². The van der Waals surface area contributed by atoms with Gasteiger partial charge in [-0.2, -0.15) is 0 Å². The molecule has 176 valence electrons. The smallest absolute Gasteiger partial charge is 0.341 e. The standard InChI is InChI=1S/C24H29N3O5S/c1-17(23(28)27-15-12-18-8-4-5-9-21(18)27)32-24(29)20-16-19(33(30,31)25(2)3)10-11-22(20)26-13-6-7-14-26/h4-5,8-11,16-17H,6-7,12-15H2,1-3H3. The third kappa shape index (κ3) is 4.47. The second-order valence-corrected chi connectivity index (χ2v) is 10.7. The largest absolute Gasteiger partial charge is 0.449 e. The molecule has 0 radical (unpaired) electrons. The minimum absolute atomic E-state index is 0.00912. The molecule has 33 heavy (non-hydrogen) atoms. The Bertz CT molecular complexity index is 1170. The second-order valence-electron chi connectivity index (χ2n) is 8.58. The Hall–Kier alpha value is -2.91. The highest BCUT2D eigenvalue weighted by molar-refractivity contribution is 7.89. The minimum atomic E-state index is -3.73. The van der Waals surface area contributed by atoms with E-state index in [0.717, 1.165) is 47.9 Å². The fraction of sp³-hybridized carbons (Fsp3) is 0.417. The van der Waals surface area contributed by atoms with E-state index < -0.39 is 22.1 Å². The average molecular weight is 472 g/mol. The van der Waals surface area contributed by atoms with Gasteiger partial charge in [0.2, 0.25) is 10.0 Å². The first kappa shape index (κ1) is 23.3. The lowest BCUT2D eigenvalue weighted by Crippen LogP contribution is -2.39. The summed E-state index contributed by atoms with van der Waals surface area (Å²) in [6, 6.07) is 12.2. The Morgan fingerprint density at radius 2 is 1.70 bits per heavy atom. The molecule has 2 aliphatic heterocycles. The van der Waals surface area contributed by atoms with E-state index in [2.05, 4.69) is 0 Å². The SMILES string of the molecule is CC(OC(=O)c1cc(S(=O)(=O)N(C)C)ccc1N1CCCC1)C(=O)N1CCc2ccccc21. The summed E-state index contributed by atoms with van der Waals surface area (Å²) in [5, 5.41) is 0. The van der Waals surface area contributed by atoms with E-state index in [-0.39, 0.29) is 16.4 Å². The Morgan fingerprint density at radius 3 is 2.39 bits per heavy atom. The van der Waals surface area contributed by atoms with Crippen molar-refractivity contribution in [1.29, 1.82) is 0 Å². The molecule has 9 heteroatoms. The van der Waals surface area contributed by atoms with Gasteiger partial charge in [0.15, 0.2) is 6.10 Å². The molecule has 0 saturated carbocycles. The number of carbonyl (C=O) groups is 2. The summed E-state index contributed by atoms with van der Waals surface area (Å²) in [5.74, 6) is -1.01. The summed E-state index contributed by atoms with van der Waals surface area (Å²) in [6.45, 7) is 3.64. The molecule has 8 nitrogen and oxygen atoms in total. The van der Waals surface area contributed by atoms with Crippen LogP contribution >= 0.6 is 0 Å². The van der Waals surface area contributed by atoms with Crippen LogP contribution < -0.4 is 9.80 Å². The quantitative estimate of drug-likeness (QED) is 0.602. The lowest BCUT2D eigenvalue weighted by Gasteiger charge is -2.24. The van der Waals surface area contributed by atoms with Crippen LogP contribution in [-0.2, 0) is 26.0 Å². The molecule has 4 rings (SSSR count). The van der Waals surface area contributed by atoms with Crippen LogP contribution in [0.5, 0.6) is 0 Å². The summed E-state index contributed by atoms with van der Waals surface area (Å²) in [7, 11) is -0.851. The molecule has 0 aliphatic carbocycles. The van der Waals surface area contributed by atoms with Gasteiger partial charge in [-0.25, -0.2) is 17.5 Å². The lowest BCUT2D eigenvalue weighted by atomic mass is 10.1. The summed E-state index contributed by atoms with van der Waals surface area (Å²) >= 11 is 0. The topological polar surface area (TPSA) is 87.2 Å². The van der Waals surface area contributed by atoms with Crippen LogP contribution in [0.25, 0.3) is 0 Å². The van der Waals surface area contributed by atoms with E-state index in [9.17, 15) is 18.0 Å². The van der Waals surface area contributed by atoms with Crippen molar-refractivity contribution in [3.63, 3.8) is 0 Å². The van der Waals surface area contributed by atoms with Gasteiger partial charge in [0, 0.05) is 39.4 Å². The molecule has 1 fully saturated rings. The number of hydrogen-bond acceptors (Lipinski definition) is 6. The maximum absolute atomic E-state index is 13.2. The van der Waals surface area contributed by atoms with E-state index in [1.165, 1.54) is 26.2 Å². The maximum Gasteiger partial charge on any atom is 0.341 e. The van der Waals surface area contributed by atoms with Crippen molar-refractivity contribution < 1.29 is 22.7 Å². The third-order valence-electron chi connectivity index (χ3n) is 6.20. The highest BCUT2D eigenvalue weighted by atomic mass is 32.2. The fourth-order valence-electron chi connectivity index (χ4n) is 4.34. The van der Waals surface area contributed by atoms with E-state index in [4.69, 9.17) is 4.74 Å². The van der Waals surface area contributed by atoms with Crippen LogP contribution in [0.3, 0.4) is 0 Å². The average Bonchev–Trinajstić information content (AvgIpc) is 3.48. The van der Waals surface area contributed by atoms with Crippen LogP contribution in [0.2, 0.25) is 0 Å². The maximum atomic E-state index is 13.2. The number of esters is 1. The summed E-state index contributed by atoms with van der Waals surface area (Å²) in [4.78, 5) is 30.0. The first-order valence-electron chi connectivity index (χ1n) is 11.1. The number of hydrogen-bond donors (Lipinski definition) is 0. The van der Waals surface area contributed by atoms with Gasteiger partial charge in [0.05, 0.1) is 16.1 Å². The number of sulfonamides is 1. The van der Waals surface area contributed by atoms with Crippen molar-refractivity contribution in [2.75, 3.05) is 43.5 Å². The van der Waals surface area contributed by atoms with Crippen LogP contribution in [0, 0.1) is 0 Å². The van der Waals surface area contributed by atoms with Gasteiger partial charge >= 0.3 is 5.97 Å². The van der Waals surface area contributed by atoms with Gasteiger partial charge in [-0.05, 0) is 56.0 Å². The summed E-state index contributed by atoms with van der Waals surface area (Å²) in [6.07, 6.45) is 1.74. The van der Waals surface area contributed by atoms with Gasteiger partial charge in [-0.15, -0.1) is 0 Å². The zero-order valence-electron chi connectivity index (χ0n) is 19.2. The van der Waals surface area contributed by atoms with E-state index in [1.54, 1.807) is 17.9 Å². The van der Waals surface area contributed by atoms with E-state index >= 15 is 0 Å². The van der Waals surface area contributed by atoms with Crippen molar-refractivity contribution in [3.05, 3.63) is 53.6 Å². The molecular formula is C24H29N3O5S. The van der Waals surface area contributed by atoms with Gasteiger partial charge in [0.25, 0.3) is 5.91 Å². The molecule has 2 aliphatic rings. The number of benzene rings is 2. The molecule has 0 aromatic heterocycles. The van der Waals surface area contributed by atoms with Crippen LogP contribution in [-0.4, -0.2) is 64.4 Å². The number of para-hydroxylation sites is 1. The number of ether oxygens (including phenoxy) is 1. The number of nitrogens with zero attached hydrogens (tertiary/aromatic N) is 3. The van der Waals surface area contributed by atoms with Crippen molar-refractivity contribution in [2.45, 2.75) is 37.2 Å². The molecule has 0 N–H and O–H groups in total. The number of carbonyl (C=O) groups excluding carboxylic acids is 2. The van der Waals surface area contributed by atoms with Crippen molar-refractivity contribution in [1.82, 2.24) is 4.31 Å². The highest BCUT2D eigenvalue weighted by Crippen LogP contribution is 2.31. The highest BCUT2D eigenvalue weighted by Gasteiger charge is 2.32. The summed E-state index contributed by atoms with van der Waals surface area (Å²) in [5.41, 5.74) is 2.70. The predicted octanol–water partition coefficient (Wildman–Crippen LogP) is 2.67. The Labute approximate surface area is 194 Å². The van der Waals surface area contributed by atoms with Crippen LogP contribution in [0.4, 0.5) is 11.4 Å². The molecule has 0 bridgehead atoms.